The third kappa shape index (κ3) is 5.13. The summed E-state index contributed by atoms with van der Waals surface area (Å²) in [5.41, 5.74) is 6.11. The summed E-state index contributed by atoms with van der Waals surface area (Å²) >= 11 is 0. The zero-order valence-electron chi connectivity index (χ0n) is 14.4. The molecule has 0 fully saturated rings. The van der Waals surface area contributed by atoms with E-state index in [-0.39, 0.29) is 18.1 Å². The maximum Gasteiger partial charge on any atom is 0.272 e. The smallest absolute Gasteiger partial charge is 0.272 e. The van der Waals surface area contributed by atoms with Gasteiger partial charge in [0, 0.05) is 22.9 Å². The van der Waals surface area contributed by atoms with Crippen LogP contribution in [0.2, 0.25) is 0 Å². The molecule has 2 aromatic carbocycles. The van der Waals surface area contributed by atoms with Crippen molar-refractivity contribution in [1.82, 2.24) is 5.43 Å². The largest absolute Gasteiger partial charge is 0.376 e. The van der Waals surface area contributed by atoms with Gasteiger partial charge in [-0.05, 0) is 32.9 Å². The SMILES string of the molecule is C/C(=N/NC(=O)CNc1ccc(C)cc1)c1ccc(C)c([N+](=O)[O-])c1. The van der Waals surface area contributed by atoms with E-state index >= 15 is 0 Å². The van der Waals surface area contributed by atoms with Gasteiger partial charge in [0.25, 0.3) is 11.6 Å². The molecule has 2 aromatic rings. The minimum absolute atomic E-state index is 0.0272. The summed E-state index contributed by atoms with van der Waals surface area (Å²) in [6.07, 6.45) is 0. The Bertz CT molecular complexity index is 814. The van der Waals surface area contributed by atoms with Crippen LogP contribution in [0.15, 0.2) is 47.6 Å². The number of carbonyl (C=O) groups is 1. The van der Waals surface area contributed by atoms with Gasteiger partial charge in [-0.15, -0.1) is 0 Å². The van der Waals surface area contributed by atoms with E-state index in [9.17, 15) is 14.9 Å². The van der Waals surface area contributed by atoms with Gasteiger partial charge in [-0.1, -0.05) is 29.8 Å². The lowest BCUT2D eigenvalue weighted by Crippen LogP contribution is -2.26. The van der Waals surface area contributed by atoms with Crippen molar-refractivity contribution >= 4 is 23.0 Å². The summed E-state index contributed by atoms with van der Waals surface area (Å²) in [5.74, 6) is -0.304. The molecule has 25 heavy (non-hydrogen) atoms. The first kappa shape index (κ1) is 18.1. The Balaban J connectivity index is 1.96. The highest BCUT2D eigenvalue weighted by atomic mass is 16.6. The molecule has 1 amide bonds. The molecular formula is C18H20N4O3. The summed E-state index contributed by atoms with van der Waals surface area (Å²) in [4.78, 5) is 22.4. The first-order valence-electron chi connectivity index (χ1n) is 7.76. The molecule has 0 aromatic heterocycles. The van der Waals surface area contributed by atoms with Crippen LogP contribution >= 0.6 is 0 Å². The minimum Gasteiger partial charge on any atom is -0.376 e. The molecule has 0 aliphatic rings. The van der Waals surface area contributed by atoms with Gasteiger partial charge in [0.05, 0.1) is 17.2 Å². The Morgan fingerprint density at radius 3 is 2.48 bits per heavy atom. The first-order chi connectivity index (χ1) is 11.9. The zero-order valence-corrected chi connectivity index (χ0v) is 14.4. The Morgan fingerprint density at radius 2 is 1.84 bits per heavy atom. The highest BCUT2D eigenvalue weighted by molar-refractivity contribution is 6.00. The van der Waals surface area contributed by atoms with Gasteiger partial charge in [-0.2, -0.15) is 5.10 Å². The van der Waals surface area contributed by atoms with Gasteiger partial charge in [-0.25, -0.2) is 5.43 Å². The molecule has 0 unspecified atom stereocenters. The number of carbonyl (C=O) groups excluding carboxylic acids is 1. The van der Waals surface area contributed by atoms with E-state index in [1.807, 2.05) is 31.2 Å². The molecule has 0 saturated carbocycles. The lowest BCUT2D eigenvalue weighted by molar-refractivity contribution is -0.385. The van der Waals surface area contributed by atoms with Crippen LogP contribution in [0.1, 0.15) is 23.6 Å². The number of nitrogens with one attached hydrogen (secondary N) is 2. The normalized spacial score (nSPS) is 11.1. The molecule has 2 N–H and O–H groups in total. The van der Waals surface area contributed by atoms with E-state index in [4.69, 9.17) is 0 Å². The predicted octanol–water partition coefficient (Wildman–Crippen LogP) is 3.16. The Labute approximate surface area is 145 Å². The van der Waals surface area contributed by atoms with Crippen LogP contribution in [0, 0.1) is 24.0 Å². The van der Waals surface area contributed by atoms with Crippen molar-refractivity contribution in [3.05, 3.63) is 69.3 Å². The number of hydrogen-bond acceptors (Lipinski definition) is 5. The van der Waals surface area contributed by atoms with Gasteiger partial charge >= 0.3 is 0 Å². The number of rotatable bonds is 6. The third-order valence-electron chi connectivity index (χ3n) is 3.68. The van der Waals surface area contributed by atoms with Gasteiger partial charge in [-0.3, -0.25) is 14.9 Å². The lowest BCUT2D eigenvalue weighted by Gasteiger charge is -2.07. The summed E-state index contributed by atoms with van der Waals surface area (Å²) in [7, 11) is 0. The number of amides is 1. The van der Waals surface area contributed by atoms with E-state index in [0.29, 0.717) is 16.8 Å². The molecule has 7 nitrogen and oxygen atoms in total. The van der Waals surface area contributed by atoms with Crippen LogP contribution in [0.4, 0.5) is 11.4 Å². The van der Waals surface area contributed by atoms with Crippen molar-refractivity contribution in [3.8, 4) is 0 Å². The van der Waals surface area contributed by atoms with Crippen LogP contribution in [-0.2, 0) is 4.79 Å². The molecule has 0 spiro atoms. The van der Waals surface area contributed by atoms with Gasteiger partial charge in [0.15, 0.2) is 0 Å². The van der Waals surface area contributed by atoms with Crippen molar-refractivity contribution in [2.24, 2.45) is 5.10 Å². The van der Waals surface area contributed by atoms with Crippen molar-refractivity contribution in [2.45, 2.75) is 20.8 Å². The number of anilines is 1. The Hall–Kier alpha value is -3.22. The number of hydrogen-bond donors (Lipinski definition) is 2. The first-order valence-corrected chi connectivity index (χ1v) is 7.76. The van der Waals surface area contributed by atoms with Gasteiger partial charge in [0.2, 0.25) is 0 Å². The van der Waals surface area contributed by atoms with Gasteiger partial charge in [0.1, 0.15) is 0 Å². The molecule has 130 valence electrons. The number of hydrazone groups is 1. The highest BCUT2D eigenvalue weighted by Gasteiger charge is 2.12. The topological polar surface area (TPSA) is 96.6 Å². The molecule has 0 aliphatic carbocycles. The van der Waals surface area contributed by atoms with Gasteiger partial charge < -0.3 is 5.32 Å². The van der Waals surface area contributed by atoms with Crippen LogP contribution in [0.3, 0.4) is 0 Å². The highest BCUT2D eigenvalue weighted by Crippen LogP contribution is 2.19. The summed E-state index contributed by atoms with van der Waals surface area (Å²) in [5, 5.41) is 18.0. The average molecular weight is 340 g/mol. The molecular weight excluding hydrogens is 320 g/mol. The van der Waals surface area contributed by atoms with Crippen molar-refractivity contribution < 1.29 is 9.72 Å². The molecule has 0 aliphatic heterocycles. The number of nitro benzene ring substituents is 1. The fraction of sp³-hybridized carbons (Fsp3) is 0.222. The standard InChI is InChI=1S/C18H20N4O3/c1-12-4-8-16(9-5-12)19-11-18(23)21-20-14(3)15-7-6-13(2)17(10-15)22(24)25/h4-10,19H,11H2,1-3H3,(H,21,23)/b20-14-. The zero-order chi connectivity index (χ0) is 18.4. The Morgan fingerprint density at radius 1 is 1.16 bits per heavy atom. The summed E-state index contributed by atoms with van der Waals surface area (Å²) < 4.78 is 0. The quantitative estimate of drug-likeness (QED) is 0.479. The second kappa shape index (κ2) is 8.05. The number of benzene rings is 2. The predicted molar refractivity (Wildman–Crippen MR) is 97.9 cm³/mol. The number of nitrogens with zero attached hydrogens (tertiary/aromatic N) is 2. The van der Waals surface area contributed by atoms with E-state index in [2.05, 4.69) is 15.8 Å². The molecule has 0 bridgehead atoms. The second-order valence-electron chi connectivity index (χ2n) is 5.71. The average Bonchev–Trinajstić information content (AvgIpc) is 2.59. The van der Waals surface area contributed by atoms with Crippen molar-refractivity contribution in [3.63, 3.8) is 0 Å². The fourth-order valence-electron chi connectivity index (χ4n) is 2.14. The third-order valence-corrected chi connectivity index (χ3v) is 3.68. The molecule has 7 heteroatoms. The van der Waals surface area contributed by atoms with Crippen molar-refractivity contribution in [2.75, 3.05) is 11.9 Å². The lowest BCUT2D eigenvalue weighted by atomic mass is 10.1. The molecule has 0 saturated heterocycles. The number of aryl methyl sites for hydroxylation is 2. The molecule has 2 rings (SSSR count). The summed E-state index contributed by atoms with van der Waals surface area (Å²) in [6, 6.07) is 12.5. The van der Waals surface area contributed by atoms with Crippen LogP contribution in [0.5, 0.6) is 0 Å². The maximum absolute atomic E-state index is 11.9. The minimum atomic E-state index is -0.434. The van der Waals surface area contributed by atoms with E-state index in [1.165, 1.54) is 6.07 Å². The van der Waals surface area contributed by atoms with Crippen LogP contribution in [0.25, 0.3) is 0 Å². The van der Waals surface area contributed by atoms with Crippen LogP contribution < -0.4 is 10.7 Å². The number of nitro groups is 1. The molecule has 0 atom stereocenters. The maximum atomic E-state index is 11.9. The molecule has 0 heterocycles. The molecule has 0 radical (unpaired) electrons. The van der Waals surface area contributed by atoms with Crippen molar-refractivity contribution in [1.29, 1.82) is 0 Å². The van der Waals surface area contributed by atoms with Crippen LogP contribution in [-0.4, -0.2) is 23.1 Å². The van der Waals surface area contributed by atoms with E-state index in [1.54, 1.807) is 26.0 Å². The fourth-order valence-corrected chi connectivity index (χ4v) is 2.14. The summed E-state index contributed by atoms with van der Waals surface area (Å²) in [6.45, 7) is 5.42. The monoisotopic (exact) mass is 340 g/mol. The van der Waals surface area contributed by atoms with E-state index in [0.717, 1.165) is 11.3 Å². The second-order valence-corrected chi connectivity index (χ2v) is 5.71. The Kier molecular flexibility index (Phi) is 5.84. The van der Waals surface area contributed by atoms with E-state index < -0.39 is 4.92 Å².